The van der Waals surface area contributed by atoms with E-state index in [0.29, 0.717) is 11.4 Å². The van der Waals surface area contributed by atoms with Gasteiger partial charge in [0.25, 0.3) is 0 Å². The van der Waals surface area contributed by atoms with E-state index in [1.54, 1.807) is 24.5 Å². The SMILES string of the molecule is CCCCCCCOc1ccc(-c2cnc(-c3ccc(C[C@H](CC(=O)c4ccc(C)cc4)C(=O)O)cc3)nc2)cc1. The molecule has 212 valence electrons. The summed E-state index contributed by atoms with van der Waals surface area (Å²) < 4.78 is 5.86. The molecule has 3 aromatic carbocycles. The molecule has 4 aromatic rings. The maximum Gasteiger partial charge on any atom is 0.307 e. The maximum absolute atomic E-state index is 12.6. The summed E-state index contributed by atoms with van der Waals surface area (Å²) in [5.74, 6) is -0.482. The number of ketones is 1. The Morgan fingerprint density at radius 2 is 1.41 bits per heavy atom. The Morgan fingerprint density at radius 1 is 0.780 bits per heavy atom. The lowest BCUT2D eigenvalue weighted by atomic mass is 9.91. The molecule has 0 aliphatic carbocycles. The number of carboxylic acid groups (broad SMARTS) is 1. The Labute approximate surface area is 242 Å². The van der Waals surface area contributed by atoms with Crippen molar-refractivity contribution in [3.8, 4) is 28.3 Å². The zero-order valence-electron chi connectivity index (χ0n) is 23.9. The Hall–Kier alpha value is -4.32. The van der Waals surface area contributed by atoms with Crippen LogP contribution in [0, 0.1) is 12.8 Å². The minimum Gasteiger partial charge on any atom is -0.494 e. The second kappa shape index (κ2) is 14.9. The number of aromatic nitrogens is 2. The van der Waals surface area contributed by atoms with E-state index in [4.69, 9.17) is 4.74 Å². The van der Waals surface area contributed by atoms with Gasteiger partial charge in [0, 0.05) is 35.5 Å². The Morgan fingerprint density at radius 3 is 2.05 bits per heavy atom. The van der Waals surface area contributed by atoms with Crippen LogP contribution < -0.4 is 4.74 Å². The Bertz CT molecular complexity index is 1400. The van der Waals surface area contributed by atoms with Crippen molar-refractivity contribution in [3.63, 3.8) is 0 Å². The van der Waals surface area contributed by atoms with Gasteiger partial charge < -0.3 is 9.84 Å². The molecule has 0 aliphatic heterocycles. The zero-order chi connectivity index (χ0) is 29.0. The number of aryl methyl sites for hydroxylation is 1. The fraction of sp³-hybridized carbons (Fsp3) is 0.314. The van der Waals surface area contributed by atoms with Gasteiger partial charge in [0.1, 0.15) is 5.75 Å². The molecule has 1 heterocycles. The molecule has 6 nitrogen and oxygen atoms in total. The monoisotopic (exact) mass is 550 g/mol. The second-order valence-electron chi connectivity index (χ2n) is 10.5. The lowest BCUT2D eigenvalue weighted by Crippen LogP contribution is -2.20. The number of Topliss-reactive ketones (excluding diaryl/α,β-unsaturated/α-hetero) is 1. The van der Waals surface area contributed by atoms with E-state index >= 15 is 0 Å². The normalized spacial score (nSPS) is 11.7. The summed E-state index contributed by atoms with van der Waals surface area (Å²) in [5.41, 5.74) is 5.21. The molecule has 0 radical (unpaired) electrons. The number of hydrogen-bond acceptors (Lipinski definition) is 5. The fourth-order valence-electron chi connectivity index (χ4n) is 4.67. The number of rotatable bonds is 15. The molecule has 0 fully saturated rings. The van der Waals surface area contributed by atoms with Crippen molar-refractivity contribution in [1.82, 2.24) is 9.97 Å². The first kappa shape index (κ1) is 29.7. The maximum atomic E-state index is 12.6. The van der Waals surface area contributed by atoms with Crippen molar-refractivity contribution < 1.29 is 19.4 Å². The van der Waals surface area contributed by atoms with Crippen LogP contribution in [0.3, 0.4) is 0 Å². The number of ether oxygens (including phenoxy) is 1. The first-order valence-corrected chi connectivity index (χ1v) is 14.4. The standard InChI is InChI=1S/C35H38N2O4/c1-3-4-5-6-7-20-41-32-18-16-27(17-19-32)31-23-36-34(37-24-31)29-14-10-26(11-15-29)21-30(35(39)40)22-33(38)28-12-8-25(2)9-13-28/h8-19,23-24,30H,3-7,20-22H2,1-2H3,(H,39,40)/t30-/m1/s1. The highest BCUT2D eigenvalue weighted by atomic mass is 16.5. The first-order valence-electron chi connectivity index (χ1n) is 14.4. The topological polar surface area (TPSA) is 89.4 Å². The van der Waals surface area contributed by atoms with Gasteiger partial charge in [-0.25, -0.2) is 9.97 Å². The van der Waals surface area contributed by atoms with Crippen molar-refractivity contribution >= 4 is 11.8 Å². The van der Waals surface area contributed by atoms with E-state index in [0.717, 1.165) is 46.6 Å². The van der Waals surface area contributed by atoms with Crippen LogP contribution in [0.15, 0.2) is 85.2 Å². The summed E-state index contributed by atoms with van der Waals surface area (Å²) in [7, 11) is 0. The number of aliphatic carboxylic acids is 1. The van der Waals surface area contributed by atoms with Gasteiger partial charge >= 0.3 is 5.97 Å². The molecule has 0 unspecified atom stereocenters. The predicted molar refractivity (Wildman–Crippen MR) is 162 cm³/mol. The summed E-state index contributed by atoms with van der Waals surface area (Å²) >= 11 is 0. The minimum absolute atomic E-state index is 0.0448. The highest BCUT2D eigenvalue weighted by Gasteiger charge is 2.22. The van der Waals surface area contributed by atoms with Crippen LogP contribution in [-0.4, -0.2) is 33.4 Å². The molecule has 0 spiro atoms. The summed E-state index contributed by atoms with van der Waals surface area (Å²) in [6, 6.07) is 22.7. The van der Waals surface area contributed by atoms with Gasteiger partial charge in [-0.3, -0.25) is 9.59 Å². The number of unbranched alkanes of at least 4 members (excludes halogenated alkanes) is 4. The quantitative estimate of drug-likeness (QED) is 0.119. The number of benzene rings is 3. The molecule has 1 atom stereocenters. The molecule has 6 heteroatoms. The number of carbonyl (C=O) groups is 2. The third-order valence-corrected chi connectivity index (χ3v) is 7.20. The lowest BCUT2D eigenvalue weighted by Gasteiger charge is -2.12. The third kappa shape index (κ3) is 8.84. The summed E-state index contributed by atoms with van der Waals surface area (Å²) in [6.07, 6.45) is 9.90. The Balaban J connectivity index is 1.32. The van der Waals surface area contributed by atoms with Crippen LogP contribution >= 0.6 is 0 Å². The third-order valence-electron chi connectivity index (χ3n) is 7.20. The molecule has 0 amide bonds. The molecular formula is C35H38N2O4. The van der Waals surface area contributed by atoms with Gasteiger partial charge in [0.15, 0.2) is 11.6 Å². The lowest BCUT2D eigenvalue weighted by molar-refractivity contribution is -0.141. The average molecular weight is 551 g/mol. The first-order chi connectivity index (χ1) is 19.9. The predicted octanol–water partition coefficient (Wildman–Crippen LogP) is 7.98. The van der Waals surface area contributed by atoms with Crippen molar-refractivity contribution in [2.75, 3.05) is 6.61 Å². The van der Waals surface area contributed by atoms with Crippen molar-refractivity contribution in [1.29, 1.82) is 0 Å². The van der Waals surface area contributed by atoms with E-state index in [2.05, 4.69) is 16.9 Å². The van der Waals surface area contributed by atoms with Gasteiger partial charge in [0.2, 0.25) is 0 Å². The van der Waals surface area contributed by atoms with Gasteiger partial charge in [-0.1, -0.05) is 98.8 Å². The van der Waals surface area contributed by atoms with E-state index in [1.807, 2.05) is 67.6 Å². The minimum atomic E-state index is -0.976. The van der Waals surface area contributed by atoms with Crippen LogP contribution in [0.5, 0.6) is 5.75 Å². The highest BCUT2D eigenvalue weighted by Crippen LogP contribution is 2.24. The van der Waals surface area contributed by atoms with Crippen LogP contribution in [0.25, 0.3) is 22.5 Å². The largest absolute Gasteiger partial charge is 0.494 e. The molecule has 1 aromatic heterocycles. The van der Waals surface area contributed by atoms with Crippen molar-refractivity contribution in [3.05, 3.63) is 102 Å². The van der Waals surface area contributed by atoms with Gasteiger partial charge in [-0.05, 0) is 43.0 Å². The summed E-state index contributed by atoms with van der Waals surface area (Å²) in [5, 5.41) is 9.74. The number of carboxylic acids is 1. The fourth-order valence-corrected chi connectivity index (χ4v) is 4.67. The zero-order valence-corrected chi connectivity index (χ0v) is 23.9. The van der Waals surface area contributed by atoms with Crippen molar-refractivity contribution in [2.45, 2.75) is 58.8 Å². The molecule has 0 saturated carbocycles. The van der Waals surface area contributed by atoms with Crippen LogP contribution in [0.2, 0.25) is 0 Å². The van der Waals surface area contributed by atoms with E-state index in [1.165, 1.54) is 25.7 Å². The molecule has 0 aliphatic rings. The number of hydrogen-bond donors (Lipinski definition) is 1. The molecule has 0 bridgehead atoms. The smallest absolute Gasteiger partial charge is 0.307 e. The van der Waals surface area contributed by atoms with E-state index < -0.39 is 11.9 Å². The molecular weight excluding hydrogens is 512 g/mol. The second-order valence-corrected chi connectivity index (χ2v) is 10.5. The molecule has 41 heavy (non-hydrogen) atoms. The molecule has 0 saturated heterocycles. The average Bonchev–Trinajstić information content (AvgIpc) is 2.99. The summed E-state index contributed by atoms with van der Waals surface area (Å²) in [6.45, 7) is 4.90. The van der Waals surface area contributed by atoms with Crippen LogP contribution in [-0.2, 0) is 11.2 Å². The molecule has 4 rings (SSSR count). The van der Waals surface area contributed by atoms with Crippen molar-refractivity contribution in [2.24, 2.45) is 5.92 Å². The van der Waals surface area contributed by atoms with Gasteiger partial charge in [0.05, 0.1) is 12.5 Å². The van der Waals surface area contributed by atoms with Gasteiger partial charge in [-0.15, -0.1) is 0 Å². The number of nitrogens with zero attached hydrogens (tertiary/aromatic N) is 2. The highest BCUT2D eigenvalue weighted by molar-refractivity contribution is 5.98. The van der Waals surface area contributed by atoms with E-state index in [-0.39, 0.29) is 18.6 Å². The Kier molecular flexibility index (Phi) is 10.8. The van der Waals surface area contributed by atoms with E-state index in [9.17, 15) is 14.7 Å². The molecule has 1 N–H and O–H groups in total. The van der Waals surface area contributed by atoms with Crippen LogP contribution in [0.1, 0.15) is 66.9 Å². The van der Waals surface area contributed by atoms with Gasteiger partial charge in [-0.2, -0.15) is 0 Å². The van der Waals surface area contributed by atoms with Crippen LogP contribution in [0.4, 0.5) is 0 Å². The number of carbonyl (C=O) groups excluding carboxylic acids is 1. The summed E-state index contributed by atoms with van der Waals surface area (Å²) in [4.78, 5) is 33.6.